The molecule has 2 rings (SSSR count). The highest BCUT2D eigenvalue weighted by molar-refractivity contribution is 5.41. The third kappa shape index (κ3) is 2.70. The Kier molecular flexibility index (Phi) is 3.97. The monoisotopic (exact) mass is 248 g/mol. The Hall–Kier alpha value is -1.42. The van der Waals surface area contributed by atoms with Gasteiger partial charge in [-0.15, -0.1) is 0 Å². The lowest BCUT2D eigenvalue weighted by Gasteiger charge is -2.23. The van der Waals surface area contributed by atoms with E-state index in [1.54, 1.807) is 12.1 Å². The van der Waals surface area contributed by atoms with Crippen LogP contribution in [0.2, 0.25) is 0 Å². The van der Waals surface area contributed by atoms with Crippen LogP contribution in [0.4, 0.5) is 5.69 Å². The number of hydrogen-bond donors (Lipinski definition) is 1. The molecule has 1 aromatic rings. The Morgan fingerprint density at radius 1 is 1.39 bits per heavy atom. The van der Waals surface area contributed by atoms with Crippen LogP contribution in [0, 0.1) is 16.0 Å². The molecule has 3 unspecified atom stereocenters. The summed E-state index contributed by atoms with van der Waals surface area (Å²) in [5.74, 6) is 0.662. The summed E-state index contributed by atoms with van der Waals surface area (Å²) >= 11 is 0. The van der Waals surface area contributed by atoms with Gasteiger partial charge in [-0.05, 0) is 25.7 Å². The topological polar surface area (TPSA) is 55.2 Å². The summed E-state index contributed by atoms with van der Waals surface area (Å²) in [7, 11) is 0. The quantitative estimate of drug-likeness (QED) is 0.656. The van der Waals surface area contributed by atoms with Crippen molar-refractivity contribution in [2.45, 2.75) is 45.2 Å². The molecule has 4 heteroatoms. The Labute approximate surface area is 108 Å². The number of hydrogen-bond acceptors (Lipinski definition) is 3. The lowest BCUT2D eigenvalue weighted by molar-refractivity contribution is -0.385. The van der Waals surface area contributed by atoms with E-state index < -0.39 is 0 Å². The summed E-state index contributed by atoms with van der Waals surface area (Å²) in [6.07, 6.45) is 3.68. The van der Waals surface area contributed by atoms with Gasteiger partial charge in [-0.2, -0.15) is 0 Å². The molecule has 1 aliphatic rings. The fourth-order valence-corrected chi connectivity index (χ4v) is 2.82. The summed E-state index contributed by atoms with van der Waals surface area (Å²) in [5, 5.41) is 14.5. The van der Waals surface area contributed by atoms with Gasteiger partial charge in [-0.1, -0.05) is 31.5 Å². The zero-order valence-electron chi connectivity index (χ0n) is 10.9. The van der Waals surface area contributed by atoms with E-state index in [2.05, 4.69) is 12.2 Å². The van der Waals surface area contributed by atoms with E-state index >= 15 is 0 Å². The standard InChI is InChI=1S/C14H20N2O2/c1-10-6-5-8-13(10)15-11(2)12-7-3-4-9-14(12)16(17)18/h3-4,7,9-11,13,15H,5-6,8H2,1-2H3. The highest BCUT2D eigenvalue weighted by atomic mass is 16.6. The van der Waals surface area contributed by atoms with Crippen LogP contribution in [0.25, 0.3) is 0 Å². The number of nitrogens with one attached hydrogen (secondary N) is 1. The molecule has 1 aliphatic carbocycles. The minimum absolute atomic E-state index is 0.0251. The lowest BCUT2D eigenvalue weighted by Crippen LogP contribution is -2.33. The van der Waals surface area contributed by atoms with Gasteiger partial charge in [0.15, 0.2) is 0 Å². The predicted molar refractivity (Wildman–Crippen MR) is 71.5 cm³/mol. The van der Waals surface area contributed by atoms with Crippen LogP contribution in [-0.4, -0.2) is 11.0 Å². The number of rotatable bonds is 4. The minimum Gasteiger partial charge on any atom is -0.307 e. The molecule has 0 spiro atoms. The van der Waals surface area contributed by atoms with Crippen LogP contribution in [0.5, 0.6) is 0 Å². The van der Waals surface area contributed by atoms with Crippen LogP contribution in [0.1, 0.15) is 44.7 Å². The Morgan fingerprint density at radius 2 is 2.11 bits per heavy atom. The summed E-state index contributed by atoms with van der Waals surface area (Å²) < 4.78 is 0. The van der Waals surface area contributed by atoms with Gasteiger partial charge < -0.3 is 5.32 Å². The first-order chi connectivity index (χ1) is 8.59. The smallest absolute Gasteiger partial charge is 0.274 e. The number of benzene rings is 1. The SMILES string of the molecule is CC(NC1CCCC1C)c1ccccc1[N+](=O)[O-]. The normalized spacial score (nSPS) is 25.0. The molecule has 0 bridgehead atoms. The van der Waals surface area contributed by atoms with Crippen LogP contribution in [-0.2, 0) is 0 Å². The summed E-state index contributed by atoms with van der Waals surface area (Å²) in [6.45, 7) is 4.25. The first kappa shape index (κ1) is 13.0. The molecule has 0 aliphatic heterocycles. The summed E-state index contributed by atoms with van der Waals surface area (Å²) in [6, 6.07) is 7.50. The third-order valence-corrected chi connectivity index (χ3v) is 3.93. The zero-order chi connectivity index (χ0) is 13.1. The molecule has 4 nitrogen and oxygen atoms in total. The maximum Gasteiger partial charge on any atom is 0.274 e. The molecule has 0 radical (unpaired) electrons. The fourth-order valence-electron chi connectivity index (χ4n) is 2.82. The van der Waals surface area contributed by atoms with E-state index in [-0.39, 0.29) is 16.7 Å². The predicted octanol–water partition coefficient (Wildman–Crippen LogP) is 3.43. The van der Waals surface area contributed by atoms with Gasteiger partial charge in [0.25, 0.3) is 5.69 Å². The minimum atomic E-state index is -0.300. The van der Waals surface area contributed by atoms with E-state index in [0.717, 1.165) is 5.56 Å². The second kappa shape index (κ2) is 5.48. The molecule has 1 saturated carbocycles. The van der Waals surface area contributed by atoms with Crippen molar-refractivity contribution < 1.29 is 4.92 Å². The Bertz CT molecular complexity index is 434. The lowest BCUT2D eigenvalue weighted by atomic mass is 10.0. The number of nitro groups is 1. The molecule has 1 fully saturated rings. The molecule has 3 atom stereocenters. The highest BCUT2D eigenvalue weighted by Gasteiger charge is 2.26. The summed E-state index contributed by atoms with van der Waals surface area (Å²) in [4.78, 5) is 10.7. The fraction of sp³-hybridized carbons (Fsp3) is 0.571. The highest BCUT2D eigenvalue weighted by Crippen LogP contribution is 2.30. The maximum atomic E-state index is 11.0. The molecule has 0 aromatic heterocycles. The first-order valence-electron chi connectivity index (χ1n) is 6.59. The van der Waals surface area contributed by atoms with Crippen molar-refractivity contribution in [3.63, 3.8) is 0 Å². The van der Waals surface area contributed by atoms with Crippen LogP contribution < -0.4 is 5.32 Å². The molecule has 0 amide bonds. The molecular weight excluding hydrogens is 228 g/mol. The molecule has 18 heavy (non-hydrogen) atoms. The molecule has 0 heterocycles. The van der Waals surface area contributed by atoms with Gasteiger partial charge in [0.2, 0.25) is 0 Å². The molecule has 1 N–H and O–H groups in total. The summed E-state index contributed by atoms with van der Waals surface area (Å²) in [5.41, 5.74) is 0.991. The van der Waals surface area contributed by atoms with E-state index in [1.165, 1.54) is 19.3 Å². The van der Waals surface area contributed by atoms with Crippen LogP contribution >= 0.6 is 0 Å². The maximum absolute atomic E-state index is 11.0. The second-order valence-electron chi connectivity index (χ2n) is 5.22. The van der Waals surface area contributed by atoms with Crippen molar-refractivity contribution in [3.8, 4) is 0 Å². The molecular formula is C14H20N2O2. The van der Waals surface area contributed by atoms with E-state index in [0.29, 0.717) is 12.0 Å². The van der Waals surface area contributed by atoms with Crippen molar-refractivity contribution in [1.82, 2.24) is 5.32 Å². The van der Waals surface area contributed by atoms with Crippen molar-refractivity contribution in [2.75, 3.05) is 0 Å². The number of para-hydroxylation sites is 1. The van der Waals surface area contributed by atoms with Gasteiger partial charge in [0, 0.05) is 23.7 Å². The van der Waals surface area contributed by atoms with Gasteiger partial charge in [0.1, 0.15) is 0 Å². The van der Waals surface area contributed by atoms with Gasteiger partial charge in [-0.3, -0.25) is 10.1 Å². The second-order valence-corrected chi connectivity index (χ2v) is 5.22. The zero-order valence-corrected chi connectivity index (χ0v) is 10.9. The van der Waals surface area contributed by atoms with Gasteiger partial charge in [-0.25, -0.2) is 0 Å². The Morgan fingerprint density at radius 3 is 2.72 bits per heavy atom. The molecule has 1 aromatic carbocycles. The molecule has 0 saturated heterocycles. The van der Waals surface area contributed by atoms with E-state index in [9.17, 15) is 10.1 Å². The average Bonchev–Trinajstić information content (AvgIpc) is 2.75. The molecule has 98 valence electrons. The van der Waals surface area contributed by atoms with Gasteiger partial charge >= 0.3 is 0 Å². The van der Waals surface area contributed by atoms with Crippen LogP contribution in [0.3, 0.4) is 0 Å². The van der Waals surface area contributed by atoms with E-state index in [4.69, 9.17) is 0 Å². The third-order valence-electron chi connectivity index (χ3n) is 3.93. The number of nitro benzene ring substituents is 1. The van der Waals surface area contributed by atoms with Gasteiger partial charge in [0.05, 0.1) is 4.92 Å². The Balaban J connectivity index is 2.13. The van der Waals surface area contributed by atoms with Crippen molar-refractivity contribution in [2.24, 2.45) is 5.92 Å². The first-order valence-corrected chi connectivity index (χ1v) is 6.59. The number of nitrogens with zero attached hydrogens (tertiary/aromatic N) is 1. The van der Waals surface area contributed by atoms with Crippen molar-refractivity contribution in [1.29, 1.82) is 0 Å². The van der Waals surface area contributed by atoms with E-state index in [1.807, 2.05) is 19.1 Å². The van der Waals surface area contributed by atoms with Crippen molar-refractivity contribution >= 4 is 5.69 Å². The largest absolute Gasteiger partial charge is 0.307 e. The average molecular weight is 248 g/mol. The van der Waals surface area contributed by atoms with Crippen LogP contribution in [0.15, 0.2) is 24.3 Å². The van der Waals surface area contributed by atoms with Crippen molar-refractivity contribution in [3.05, 3.63) is 39.9 Å².